The Kier molecular flexibility index (Phi) is 3.02. The molecule has 1 saturated heterocycles. The summed E-state index contributed by atoms with van der Waals surface area (Å²) in [4.78, 5) is 13.5. The van der Waals surface area contributed by atoms with Crippen molar-refractivity contribution >= 4 is 5.91 Å². The second-order valence-corrected chi connectivity index (χ2v) is 4.07. The smallest absolute Gasteiger partial charge is 0.223 e. The van der Waals surface area contributed by atoms with Gasteiger partial charge in [0, 0.05) is 19.5 Å². The minimum Gasteiger partial charge on any atom is -0.338 e. The van der Waals surface area contributed by atoms with Gasteiger partial charge in [-0.15, -0.1) is 0 Å². The van der Waals surface area contributed by atoms with E-state index in [9.17, 15) is 4.79 Å². The lowest BCUT2D eigenvalue weighted by molar-refractivity contribution is -0.128. The summed E-state index contributed by atoms with van der Waals surface area (Å²) in [5.74, 6) is 0.579. The maximum atomic E-state index is 11.6. The molecule has 0 spiro atoms. The van der Waals surface area contributed by atoms with E-state index in [4.69, 9.17) is 5.73 Å². The van der Waals surface area contributed by atoms with Crippen molar-refractivity contribution in [2.45, 2.75) is 13.0 Å². The highest BCUT2D eigenvalue weighted by atomic mass is 16.2. The van der Waals surface area contributed by atoms with Gasteiger partial charge < -0.3 is 10.6 Å². The van der Waals surface area contributed by atoms with E-state index in [-0.39, 0.29) is 5.91 Å². The summed E-state index contributed by atoms with van der Waals surface area (Å²) in [5.41, 5.74) is 6.76. The average molecular weight is 204 g/mol. The lowest BCUT2D eigenvalue weighted by Crippen LogP contribution is -2.25. The second-order valence-electron chi connectivity index (χ2n) is 4.07. The van der Waals surface area contributed by atoms with Crippen LogP contribution in [0.25, 0.3) is 0 Å². The zero-order valence-electron chi connectivity index (χ0n) is 8.73. The summed E-state index contributed by atoms with van der Waals surface area (Å²) in [5, 5.41) is 0. The molecule has 0 saturated carbocycles. The van der Waals surface area contributed by atoms with Crippen LogP contribution >= 0.6 is 0 Å². The third kappa shape index (κ3) is 2.36. The molecule has 2 N–H and O–H groups in total. The van der Waals surface area contributed by atoms with Crippen molar-refractivity contribution in [1.29, 1.82) is 0 Å². The van der Waals surface area contributed by atoms with Crippen molar-refractivity contribution < 1.29 is 4.79 Å². The molecule has 0 aliphatic carbocycles. The van der Waals surface area contributed by atoms with E-state index in [1.165, 1.54) is 5.56 Å². The normalized spacial score (nSPS) is 21.0. The van der Waals surface area contributed by atoms with Crippen LogP contribution in [0.2, 0.25) is 0 Å². The quantitative estimate of drug-likeness (QED) is 0.798. The molecule has 1 fully saturated rings. The first-order valence-electron chi connectivity index (χ1n) is 5.31. The molecule has 1 aliphatic rings. The number of hydrogen-bond acceptors (Lipinski definition) is 2. The molecule has 80 valence electrons. The molecule has 0 radical (unpaired) electrons. The first-order chi connectivity index (χ1) is 7.29. The van der Waals surface area contributed by atoms with E-state index in [1.807, 2.05) is 35.2 Å². The third-order valence-electron chi connectivity index (χ3n) is 2.84. The monoisotopic (exact) mass is 204 g/mol. The highest BCUT2D eigenvalue weighted by molar-refractivity contribution is 5.78. The van der Waals surface area contributed by atoms with Gasteiger partial charge in [0.05, 0.1) is 0 Å². The molecule has 1 amide bonds. The van der Waals surface area contributed by atoms with Gasteiger partial charge in [-0.1, -0.05) is 30.3 Å². The molecule has 1 aliphatic heterocycles. The highest BCUT2D eigenvalue weighted by Crippen LogP contribution is 2.18. The van der Waals surface area contributed by atoms with Gasteiger partial charge in [0.2, 0.25) is 5.91 Å². The Morgan fingerprint density at radius 3 is 2.67 bits per heavy atom. The number of rotatable bonds is 3. The van der Waals surface area contributed by atoms with Crippen molar-refractivity contribution in [3.8, 4) is 0 Å². The van der Waals surface area contributed by atoms with Gasteiger partial charge in [-0.2, -0.15) is 0 Å². The van der Waals surface area contributed by atoms with Crippen LogP contribution in [0.1, 0.15) is 12.0 Å². The molecule has 3 heteroatoms. The van der Waals surface area contributed by atoms with E-state index >= 15 is 0 Å². The molecule has 1 heterocycles. The third-order valence-corrected chi connectivity index (χ3v) is 2.84. The summed E-state index contributed by atoms with van der Waals surface area (Å²) in [6.07, 6.45) is 0.614. The number of nitrogens with two attached hydrogens (primary N) is 1. The number of amides is 1. The van der Waals surface area contributed by atoms with Crippen LogP contribution in [-0.2, 0) is 11.3 Å². The number of carbonyl (C=O) groups is 1. The second kappa shape index (κ2) is 4.45. The van der Waals surface area contributed by atoms with E-state index < -0.39 is 0 Å². The van der Waals surface area contributed by atoms with Gasteiger partial charge in [-0.05, 0) is 18.0 Å². The Balaban J connectivity index is 1.99. The Morgan fingerprint density at radius 1 is 1.33 bits per heavy atom. The predicted molar refractivity (Wildman–Crippen MR) is 59.0 cm³/mol. The van der Waals surface area contributed by atoms with E-state index in [2.05, 4.69) is 0 Å². The number of nitrogens with zero attached hydrogens (tertiary/aromatic N) is 1. The molecule has 2 rings (SSSR count). The van der Waals surface area contributed by atoms with Gasteiger partial charge >= 0.3 is 0 Å². The van der Waals surface area contributed by atoms with Crippen LogP contribution in [0.3, 0.4) is 0 Å². The molecule has 1 aromatic carbocycles. The van der Waals surface area contributed by atoms with Crippen molar-refractivity contribution in [1.82, 2.24) is 4.90 Å². The zero-order chi connectivity index (χ0) is 10.7. The molecule has 15 heavy (non-hydrogen) atoms. The van der Waals surface area contributed by atoms with Crippen LogP contribution in [0.15, 0.2) is 30.3 Å². The van der Waals surface area contributed by atoms with Gasteiger partial charge in [0.1, 0.15) is 0 Å². The summed E-state index contributed by atoms with van der Waals surface area (Å²) in [7, 11) is 0. The predicted octanol–water partition coefficient (Wildman–Crippen LogP) is 0.994. The first-order valence-corrected chi connectivity index (χ1v) is 5.31. The van der Waals surface area contributed by atoms with E-state index in [1.54, 1.807) is 0 Å². The van der Waals surface area contributed by atoms with Crippen molar-refractivity contribution in [3.63, 3.8) is 0 Å². The van der Waals surface area contributed by atoms with Crippen LogP contribution < -0.4 is 5.73 Å². The van der Waals surface area contributed by atoms with Gasteiger partial charge in [0.25, 0.3) is 0 Å². The number of carbonyl (C=O) groups excluding carboxylic acids is 1. The van der Waals surface area contributed by atoms with Crippen LogP contribution in [0.5, 0.6) is 0 Å². The molecule has 3 nitrogen and oxygen atoms in total. The first kappa shape index (κ1) is 10.2. The van der Waals surface area contributed by atoms with Crippen molar-refractivity contribution in [2.75, 3.05) is 13.1 Å². The number of likely N-dealkylation sites (tertiary alicyclic amines) is 1. The molecule has 0 aromatic heterocycles. The van der Waals surface area contributed by atoms with Gasteiger partial charge in [-0.25, -0.2) is 0 Å². The Morgan fingerprint density at radius 2 is 2.07 bits per heavy atom. The van der Waals surface area contributed by atoms with Gasteiger partial charge in [0.15, 0.2) is 0 Å². The van der Waals surface area contributed by atoms with Crippen molar-refractivity contribution in [2.24, 2.45) is 11.7 Å². The Hall–Kier alpha value is -1.35. The lowest BCUT2D eigenvalue weighted by atomic mass is 10.1. The topological polar surface area (TPSA) is 46.3 Å². The van der Waals surface area contributed by atoms with E-state index in [0.717, 1.165) is 13.1 Å². The number of hydrogen-bond donors (Lipinski definition) is 1. The molecule has 1 aromatic rings. The lowest BCUT2D eigenvalue weighted by Gasteiger charge is -2.16. The Bertz CT molecular complexity index is 337. The fourth-order valence-corrected chi connectivity index (χ4v) is 1.97. The minimum absolute atomic E-state index is 0.231. The summed E-state index contributed by atoms with van der Waals surface area (Å²) in [6.45, 7) is 2.14. The number of benzene rings is 1. The maximum absolute atomic E-state index is 11.6. The van der Waals surface area contributed by atoms with Crippen LogP contribution in [0.4, 0.5) is 0 Å². The van der Waals surface area contributed by atoms with Crippen LogP contribution in [-0.4, -0.2) is 23.9 Å². The molecule has 1 atom stereocenters. The zero-order valence-corrected chi connectivity index (χ0v) is 8.73. The maximum Gasteiger partial charge on any atom is 0.223 e. The molecule has 0 bridgehead atoms. The molecular formula is C12H16N2O. The summed E-state index contributed by atoms with van der Waals surface area (Å²) < 4.78 is 0. The van der Waals surface area contributed by atoms with Crippen LogP contribution in [0, 0.1) is 5.92 Å². The standard InChI is InChI=1S/C12H16N2O/c13-7-11-6-12(15)14(9-11)8-10-4-2-1-3-5-10/h1-5,11H,6-9,13H2/t11-/m0/s1. The SMILES string of the molecule is NC[C@@H]1CC(=O)N(Cc2ccccc2)C1. The average Bonchev–Trinajstić information content (AvgIpc) is 2.61. The van der Waals surface area contributed by atoms with E-state index in [0.29, 0.717) is 18.9 Å². The molecule has 0 unspecified atom stereocenters. The molecular weight excluding hydrogens is 188 g/mol. The fourth-order valence-electron chi connectivity index (χ4n) is 1.97. The largest absolute Gasteiger partial charge is 0.338 e. The highest BCUT2D eigenvalue weighted by Gasteiger charge is 2.28. The Labute approximate surface area is 89.9 Å². The van der Waals surface area contributed by atoms with Gasteiger partial charge in [-0.3, -0.25) is 4.79 Å². The van der Waals surface area contributed by atoms with Crippen molar-refractivity contribution in [3.05, 3.63) is 35.9 Å². The fraction of sp³-hybridized carbons (Fsp3) is 0.417. The summed E-state index contributed by atoms with van der Waals surface area (Å²) >= 11 is 0. The summed E-state index contributed by atoms with van der Waals surface area (Å²) in [6, 6.07) is 10.1. The minimum atomic E-state index is 0.231.